The van der Waals surface area contributed by atoms with Crippen LogP contribution in [0.2, 0.25) is 0 Å². The number of methoxy groups -OCH3 is 1. The third-order valence-electron chi connectivity index (χ3n) is 2.99. The van der Waals surface area contributed by atoms with Crippen LogP contribution in [0.5, 0.6) is 0 Å². The summed E-state index contributed by atoms with van der Waals surface area (Å²) in [4.78, 5) is 16.0. The van der Waals surface area contributed by atoms with Crippen molar-refractivity contribution in [1.82, 2.24) is 16.0 Å². The Balaban J connectivity index is 4.42. The van der Waals surface area contributed by atoms with E-state index in [-0.39, 0.29) is 5.60 Å². The Hall–Kier alpha value is -1.50. The lowest BCUT2D eigenvalue weighted by Gasteiger charge is -2.30. The fraction of sp³-hybridized carbons (Fsp3) is 0.875. The van der Waals surface area contributed by atoms with Gasteiger partial charge in [-0.05, 0) is 48.5 Å². The van der Waals surface area contributed by atoms with Crippen molar-refractivity contribution in [2.75, 3.05) is 27.2 Å². The van der Waals surface area contributed by atoms with E-state index in [1.165, 1.54) is 0 Å². The molecule has 0 saturated heterocycles. The van der Waals surface area contributed by atoms with Crippen LogP contribution in [0.1, 0.15) is 48.5 Å². The molecule has 0 aromatic carbocycles. The zero-order valence-electron chi connectivity index (χ0n) is 16.1. The van der Waals surface area contributed by atoms with Crippen LogP contribution in [0.3, 0.4) is 0 Å². The van der Waals surface area contributed by atoms with Gasteiger partial charge in [-0.1, -0.05) is 0 Å². The summed E-state index contributed by atoms with van der Waals surface area (Å²) in [5.41, 5.74) is -1.30. The van der Waals surface area contributed by atoms with E-state index in [1.54, 1.807) is 14.2 Å². The lowest BCUT2D eigenvalue weighted by molar-refractivity contribution is 0.0268. The molecule has 0 fully saturated rings. The van der Waals surface area contributed by atoms with Crippen LogP contribution in [0, 0.1) is 0 Å². The molecule has 136 valence electrons. The Bertz CT molecular complexity index is 412. The van der Waals surface area contributed by atoms with Crippen molar-refractivity contribution in [1.29, 1.82) is 0 Å². The minimum Gasteiger partial charge on any atom is -0.444 e. The van der Waals surface area contributed by atoms with Crippen molar-refractivity contribution in [3.05, 3.63) is 0 Å². The second kappa shape index (κ2) is 8.38. The van der Waals surface area contributed by atoms with Crippen molar-refractivity contribution >= 4 is 12.1 Å². The molecule has 0 aromatic heterocycles. The van der Waals surface area contributed by atoms with Crippen LogP contribution in [0.25, 0.3) is 0 Å². The van der Waals surface area contributed by atoms with E-state index in [1.807, 2.05) is 48.5 Å². The molecule has 0 unspecified atom stereocenters. The highest BCUT2D eigenvalue weighted by Gasteiger charge is 2.25. The van der Waals surface area contributed by atoms with Gasteiger partial charge in [0.05, 0.1) is 11.1 Å². The maximum Gasteiger partial charge on any atom is 0.408 e. The minimum atomic E-state index is -0.517. The summed E-state index contributed by atoms with van der Waals surface area (Å²) in [6.45, 7) is 14.4. The fourth-order valence-electron chi connectivity index (χ4n) is 1.52. The third-order valence-corrected chi connectivity index (χ3v) is 2.99. The number of amides is 1. The first-order valence-corrected chi connectivity index (χ1v) is 7.81. The number of guanidine groups is 1. The number of hydrogen-bond donors (Lipinski definition) is 3. The van der Waals surface area contributed by atoms with Gasteiger partial charge in [0.1, 0.15) is 5.60 Å². The van der Waals surface area contributed by atoms with Gasteiger partial charge in [0, 0.05) is 27.2 Å². The number of carbonyl (C=O) groups is 1. The van der Waals surface area contributed by atoms with Crippen molar-refractivity contribution in [2.45, 2.75) is 65.2 Å². The van der Waals surface area contributed by atoms with Crippen LogP contribution >= 0.6 is 0 Å². The number of hydrogen-bond acceptors (Lipinski definition) is 4. The summed E-state index contributed by atoms with van der Waals surface area (Å²) in [6.07, 6.45) is -0.437. The molecule has 0 aliphatic carbocycles. The monoisotopic (exact) mass is 330 g/mol. The average molecular weight is 330 g/mol. The molecule has 1 amide bonds. The average Bonchev–Trinajstić information content (AvgIpc) is 2.35. The van der Waals surface area contributed by atoms with Crippen molar-refractivity contribution in [2.24, 2.45) is 4.99 Å². The van der Waals surface area contributed by atoms with E-state index < -0.39 is 17.2 Å². The Kier molecular flexibility index (Phi) is 7.83. The topological polar surface area (TPSA) is 84.0 Å². The number of ether oxygens (including phenoxy) is 2. The molecule has 0 aliphatic heterocycles. The highest BCUT2D eigenvalue weighted by molar-refractivity contribution is 5.80. The van der Waals surface area contributed by atoms with Crippen molar-refractivity contribution in [3.8, 4) is 0 Å². The van der Waals surface area contributed by atoms with E-state index in [4.69, 9.17) is 9.47 Å². The van der Waals surface area contributed by atoms with Crippen LogP contribution in [-0.4, -0.2) is 56.0 Å². The predicted octanol–water partition coefficient (Wildman–Crippen LogP) is 1.88. The van der Waals surface area contributed by atoms with Crippen LogP contribution in [0.4, 0.5) is 4.79 Å². The van der Waals surface area contributed by atoms with E-state index in [0.29, 0.717) is 19.0 Å². The number of rotatable bonds is 6. The SMILES string of the molecule is CN=C(NCC(C)(C)NC(=O)OC(C)(C)C)NCC(C)(C)OC. The fourth-order valence-corrected chi connectivity index (χ4v) is 1.52. The van der Waals surface area contributed by atoms with Crippen molar-refractivity contribution < 1.29 is 14.3 Å². The second-order valence-corrected chi connectivity index (χ2v) is 7.75. The van der Waals surface area contributed by atoms with Crippen LogP contribution in [0.15, 0.2) is 4.99 Å². The summed E-state index contributed by atoms with van der Waals surface area (Å²) in [6, 6.07) is 0. The molecule has 7 nitrogen and oxygen atoms in total. The summed E-state index contributed by atoms with van der Waals surface area (Å²) in [7, 11) is 3.37. The van der Waals surface area contributed by atoms with Gasteiger partial charge in [0.15, 0.2) is 5.96 Å². The smallest absolute Gasteiger partial charge is 0.408 e. The third kappa shape index (κ3) is 10.8. The van der Waals surface area contributed by atoms with Gasteiger partial charge in [-0.3, -0.25) is 4.99 Å². The number of aliphatic imine (C=N–C) groups is 1. The second-order valence-electron chi connectivity index (χ2n) is 7.75. The molecule has 3 N–H and O–H groups in total. The highest BCUT2D eigenvalue weighted by atomic mass is 16.6. The predicted molar refractivity (Wildman–Crippen MR) is 93.9 cm³/mol. The number of carbonyl (C=O) groups excluding carboxylic acids is 1. The molecule has 0 atom stereocenters. The number of nitrogens with zero attached hydrogens (tertiary/aromatic N) is 1. The molecule has 0 saturated carbocycles. The Morgan fingerprint density at radius 2 is 1.52 bits per heavy atom. The molecule has 23 heavy (non-hydrogen) atoms. The van der Waals surface area contributed by atoms with Crippen LogP contribution < -0.4 is 16.0 Å². The molecular formula is C16H34N4O3. The van der Waals surface area contributed by atoms with Gasteiger partial charge in [0.2, 0.25) is 0 Å². The highest BCUT2D eigenvalue weighted by Crippen LogP contribution is 2.09. The Morgan fingerprint density at radius 1 is 1.00 bits per heavy atom. The van der Waals surface area contributed by atoms with E-state index in [9.17, 15) is 4.79 Å². The van der Waals surface area contributed by atoms with E-state index in [2.05, 4.69) is 20.9 Å². The zero-order chi connectivity index (χ0) is 18.3. The number of nitrogens with one attached hydrogen (secondary N) is 3. The molecule has 0 radical (unpaired) electrons. The maximum atomic E-state index is 11.9. The maximum absolute atomic E-state index is 11.9. The molecular weight excluding hydrogens is 296 g/mol. The standard InChI is InChI=1S/C16H34N4O3/c1-14(2,3)23-13(21)20-15(4,5)10-18-12(17-8)19-11-16(6,7)22-9/h10-11H2,1-9H3,(H,20,21)(H2,17,18,19). The van der Waals surface area contributed by atoms with Crippen molar-refractivity contribution in [3.63, 3.8) is 0 Å². The van der Waals surface area contributed by atoms with Gasteiger partial charge in [-0.15, -0.1) is 0 Å². The largest absolute Gasteiger partial charge is 0.444 e. The summed E-state index contributed by atoms with van der Waals surface area (Å²) >= 11 is 0. The van der Waals surface area contributed by atoms with Gasteiger partial charge in [0.25, 0.3) is 0 Å². The summed E-state index contributed by atoms with van der Waals surface area (Å²) < 4.78 is 10.6. The minimum absolute atomic E-state index is 0.290. The lowest BCUT2D eigenvalue weighted by atomic mass is 10.1. The molecule has 0 heterocycles. The molecule has 7 heteroatoms. The van der Waals surface area contributed by atoms with E-state index in [0.717, 1.165) is 0 Å². The Morgan fingerprint density at radius 3 is 1.96 bits per heavy atom. The van der Waals surface area contributed by atoms with Gasteiger partial charge in [-0.2, -0.15) is 0 Å². The number of alkyl carbamates (subject to hydrolysis) is 1. The molecule has 0 aromatic rings. The summed E-state index contributed by atoms with van der Waals surface area (Å²) in [5.74, 6) is 0.647. The summed E-state index contributed by atoms with van der Waals surface area (Å²) in [5, 5.41) is 9.23. The zero-order valence-corrected chi connectivity index (χ0v) is 16.1. The van der Waals surface area contributed by atoms with Gasteiger partial charge in [-0.25, -0.2) is 4.79 Å². The van der Waals surface area contributed by atoms with Gasteiger partial charge < -0.3 is 25.4 Å². The van der Waals surface area contributed by atoms with E-state index >= 15 is 0 Å². The Labute approximate surface area is 140 Å². The molecule has 0 bridgehead atoms. The first kappa shape index (κ1) is 21.5. The first-order chi connectivity index (χ1) is 10.3. The first-order valence-electron chi connectivity index (χ1n) is 7.81. The van der Waals surface area contributed by atoms with Gasteiger partial charge >= 0.3 is 6.09 Å². The molecule has 0 aliphatic rings. The quantitative estimate of drug-likeness (QED) is 0.511. The van der Waals surface area contributed by atoms with Crippen LogP contribution in [-0.2, 0) is 9.47 Å². The molecule has 0 rings (SSSR count). The normalized spacial score (nSPS) is 13.5. The lowest BCUT2D eigenvalue weighted by Crippen LogP contribution is -2.55. The molecule has 0 spiro atoms.